The Balaban J connectivity index is 2.23. The summed E-state index contributed by atoms with van der Waals surface area (Å²) in [5, 5.41) is 16.9. The molecule has 0 bridgehead atoms. The van der Waals surface area contributed by atoms with E-state index in [1.807, 2.05) is 6.92 Å². The van der Waals surface area contributed by atoms with Crippen LogP contribution < -0.4 is 10.6 Å². The monoisotopic (exact) mass is 236 g/mol. The predicted molar refractivity (Wildman–Crippen MR) is 66.2 cm³/mol. The molecule has 1 aromatic heterocycles. The first-order chi connectivity index (χ1) is 8.11. The van der Waals surface area contributed by atoms with Crippen LogP contribution in [0.2, 0.25) is 0 Å². The van der Waals surface area contributed by atoms with Crippen LogP contribution >= 0.6 is 0 Å². The van der Waals surface area contributed by atoms with Crippen LogP contribution in [-0.2, 0) is 0 Å². The van der Waals surface area contributed by atoms with Crippen LogP contribution in [0.1, 0.15) is 19.8 Å². The molecule has 1 aliphatic carbocycles. The van der Waals surface area contributed by atoms with E-state index in [1.165, 1.54) is 18.9 Å². The Labute approximate surface area is 99.6 Å². The third kappa shape index (κ3) is 2.64. The van der Waals surface area contributed by atoms with Gasteiger partial charge >= 0.3 is 5.69 Å². The Morgan fingerprint density at radius 1 is 1.53 bits per heavy atom. The molecule has 0 amide bonds. The smallest absolute Gasteiger partial charge is 0.311 e. The lowest BCUT2D eigenvalue weighted by Gasteiger charge is -2.14. The van der Waals surface area contributed by atoms with Crippen LogP contribution in [0.25, 0.3) is 0 Å². The van der Waals surface area contributed by atoms with Crippen LogP contribution in [0.5, 0.6) is 0 Å². The fraction of sp³-hybridized carbons (Fsp3) is 0.545. The van der Waals surface area contributed by atoms with Crippen molar-refractivity contribution in [1.82, 2.24) is 4.98 Å². The molecule has 1 fully saturated rings. The molecule has 1 unspecified atom stereocenters. The van der Waals surface area contributed by atoms with Crippen molar-refractivity contribution in [2.45, 2.75) is 25.8 Å². The van der Waals surface area contributed by atoms with Crippen LogP contribution in [-0.4, -0.2) is 23.0 Å². The summed E-state index contributed by atoms with van der Waals surface area (Å²) in [6.07, 6.45) is 2.38. The number of rotatable bonds is 5. The highest BCUT2D eigenvalue weighted by molar-refractivity contribution is 5.60. The lowest BCUT2D eigenvalue weighted by Crippen LogP contribution is -2.19. The quantitative estimate of drug-likeness (QED) is 0.605. The largest absolute Gasteiger partial charge is 0.373 e. The number of aromatic nitrogens is 1. The molecule has 2 rings (SSSR count). The van der Waals surface area contributed by atoms with Crippen LogP contribution in [0.3, 0.4) is 0 Å². The van der Waals surface area contributed by atoms with Gasteiger partial charge in [-0.15, -0.1) is 0 Å². The van der Waals surface area contributed by atoms with E-state index in [0.29, 0.717) is 17.6 Å². The summed E-state index contributed by atoms with van der Waals surface area (Å²) < 4.78 is 0. The second kappa shape index (κ2) is 4.57. The molecule has 0 aliphatic heterocycles. The molecular formula is C11H16N4O2. The number of nitrogens with zero attached hydrogens (tertiary/aromatic N) is 2. The second-order valence-electron chi connectivity index (χ2n) is 4.34. The molecule has 1 atom stereocenters. The lowest BCUT2D eigenvalue weighted by molar-refractivity contribution is -0.384. The topological polar surface area (TPSA) is 80.1 Å². The molecule has 6 nitrogen and oxygen atoms in total. The van der Waals surface area contributed by atoms with Crippen molar-refractivity contribution in [3.05, 3.63) is 22.2 Å². The molecular weight excluding hydrogens is 220 g/mol. The average Bonchev–Trinajstić information content (AvgIpc) is 3.12. The minimum Gasteiger partial charge on any atom is -0.373 e. The first-order valence-electron chi connectivity index (χ1n) is 5.71. The van der Waals surface area contributed by atoms with E-state index < -0.39 is 4.92 Å². The van der Waals surface area contributed by atoms with Crippen molar-refractivity contribution in [1.29, 1.82) is 0 Å². The third-order valence-corrected chi connectivity index (χ3v) is 3.02. The third-order valence-electron chi connectivity index (χ3n) is 3.02. The second-order valence-corrected chi connectivity index (χ2v) is 4.34. The summed E-state index contributed by atoms with van der Waals surface area (Å²) in [6, 6.07) is 3.31. The molecule has 0 spiro atoms. The highest BCUT2D eigenvalue weighted by atomic mass is 16.6. The van der Waals surface area contributed by atoms with Gasteiger partial charge in [0, 0.05) is 19.2 Å². The summed E-state index contributed by atoms with van der Waals surface area (Å²) in [5.41, 5.74) is 0.0245. The van der Waals surface area contributed by atoms with Crippen LogP contribution in [0.15, 0.2) is 12.1 Å². The normalized spacial score (nSPS) is 16.4. The van der Waals surface area contributed by atoms with Crippen molar-refractivity contribution < 1.29 is 4.92 Å². The standard InChI is InChI=1S/C11H16N4O2/c1-7(8-3-4-8)13-11-9(15(16)17)5-6-10(12-2)14-11/h5-8H,3-4H2,1-2H3,(H2,12,13,14). The zero-order valence-corrected chi connectivity index (χ0v) is 9.93. The highest BCUT2D eigenvalue weighted by Gasteiger charge is 2.29. The van der Waals surface area contributed by atoms with Gasteiger partial charge in [0.15, 0.2) is 0 Å². The first-order valence-corrected chi connectivity index (χ1v) is 5.71. The Hall–Kier alpha value is -1.85. The molecule has 2 N–H and O–H groups in total. The summed E-state index contributed by atoms with van der Waals surface area (Å²) in [7, 11) is 1.74. The molecule has 1 aliphatic rings. The van der Waals surface area contributed by atoms with Crippen molar-refractivity contribution >= 4 is 17.3 Å². The first kappa shape index (κ1) is 11.6. The van der Waals surface area contributed by atoms with E-state index in [9.17, 15) is 10.1 Å². The maximum Gasteiger partial charge on any atom is 0.311 e. The van der Waals surface area contributed by atoms with Gasteiger partial charge in [0.1, 0.15) is 5.82 Å². The number of hydrogen-bond acceptors (Lipinski definition) is 5. The van der Waals surface area contributed by atoms with Gasteiger partial charge in [-0.3, -0.25) is 10.1 Å². The molecule has 0 aromatic carbocycles. The van der Waals surface area contributed by atoms with E-state index in [-0.39, 0.29) is 11.7 Å². The van der Waals surface area contributed by atoms with Crippen molar-refractivity contribution in [3.63, 3.8) is 0 Å². The minimum atomic E-state index is -0.408. The maximum absolute atomic E-state index is 10.9. The number of nitrogens with one attached hydrogen (secondary N) is 2. The Morgan fingerprint density at radius 3 is 2.76 bits per heavy atom. The molecule has 0 saturated heterocycles. The fourth-order valence-electron chi connectivity index (χ4n) is 1.77. The molecule has 1 aromatic rings. The molecule has 0 radical (unpaired) electrons. The fourth-order valence-corrected chi connectivity index (χ4v) is 1.77. The summed E-state index contributed by atoms with van der Waals surface area (Å²) >= 11 is 0. The van der Waals surface area contributed by atoms with Gasteiger partial charge in [0.2, 0.25) is 5.82 Å². The van der Waals surface area contributed by atoms with Gasteiger partial charge in [-0.1, -0.05) is 0 Å². The average molecular weight is 236 g/mol. The summed E-state index contributed by atoms with van der Waals surface area (Å²) in [5.74, 6) is 1.59. The highest BCUT2D eigenvalue weighted by Crippen LogP contribution is 2.35. The number of hydrogen-bond donors (Lipinski definition) is 2. The van der Waals surface area contributed by atoms with Gasteiger partial charge in [0.05, 0.1) is 4.92 Å². The van der Waals surface area contributed by atoms with Gasteiger partial charge in [-0.25, -0.2) is 4.98 Å². The molecule has 92 valence electrons. The van der Waals surface area contributed by atoms with Gasteiger partial charge in [0.25, 0.3) is 0 Å². The van der Waals surface area contributed by atoms with Gasteiger partial charge < -0.3 is 10.6 Å². The summed E-state index contributed by atoms with van der Waals surface area (Å²) in [6.45, 7) is 2.04. The van der Waals surface area contributed by atoms with E-state index in [4.69, 9.17) is 0 Å². The molecule has 17 heavy (non-hydrogen) atoms. The van der Waals surface area contributed by atoms with Gasteiger partial charge in [-0.05, 0) is 31.7 Å². The summed E-state index contributed by atoms with van der Waals surface area (Å²) in [4.78, 5) is 14.7. The van der Waals surface area contributed by atoms with Crippen molar-refractivity contribution in [2.75, 3.05) is 17.7 Å². The van der Waals surface area contributed by atoms with Crippen LogP contribution in [0, 0.1) is 16.0 Å². The molecule has 6 heteroatoms. The van der Waals surface area contributed by atoms with Crippen LogP contribution in [0.4, 0.5) is 17.3 Å². The molecule has 1 saturated carbocycles. The Kier molecular flexibility index (Phi) is 3.12. The number of anilines is 2. The predicted octanol–water partition coefficient (Wildman–Crippen LogP) is 2.24. The number of nitro groups is 1. The van der Waals surface area contributed by atoms with Crippen molar-refractivity contribution in [3.8, 4) is 0 Å². The van der Waals surface area contributed by atoms with E-state index in [1.54, 1.807) is 13.1 Å². The Morgan fingerprint density at radius 2 is 2.24 bits per heavy atom. The van der Waals surface area contributed by atoms with Crippen molar-refractivity contribution in [2.24, 2.45) is 5.92 Å². The Bertz CT molecular complexity index is 431. The zero-order valence-electron chi connectivity index (χ0n) is 9.93. The van der Waals surface area contributed by atoms with E-state index in [0.717, 1.165) is 0 Å². The van der Waals surface area contributed by atoms with E-state index in [2.05, 4.69) is 15.6 Å². The van der Waals surface area contributed by atoms with E-state index >= 15 is 0 Å². The number of pyridine rings is 1. The lowest BCUT2D eigenvalue weighted by atomic mass is 10.2. The van der Waals surface area contributed by atoms with Gasteiger partial charge in [-0.2, -0.15) is 0 Å². The maximum atomic E-state index is 10.9. The minimum absolute atomic E-state index is 0.0245. The molecule has 1 heterocycles. The SMILES string of the molecule is CNc1ccc([N+](=O)[O-])c(NC(C)C2CC2)n1. The zero-order chi connectivity index (χ0) is 12.4.